The monoisotopic (exact) mass is 495 g/mol. The van der Waals surface area contributed by atoms with Gasteiger partial charge in [0.15, 0.2) is 0 Å². The second-order valence-corrected chi connectivity index (χ2v) is 9.18. The summed E-state index contributed by atoms with van der Waals surface area (Å²) in [6.07, 6.45) is 4.24. The average Bonchev–Trinajstić information content (AvgIpc) is 3.25. The van der Waals surface area contributed by atoms with Crippen molar-refractivity contribution in [3.05, 3.63) is 107 Å². The summed E-state index contributed by atoms with van der Waals surface area (Å²) in [7, 11) is 0. The third kappa shape index (κ3) is 4.56. The number of amides is 4. The minimum absolute atomic E-state index is 0.153. The van der Waals surface area contributed by atoms with E-state index in [2.05, 4.69) is 19.2 Å². The van der Waals surface area contributed by atoms with Crippen LogP contribution in [0.4, 0.5) is 14.9 Å². The number of benzene rings is 3. The number of urea groups is 1. The van der Waals surface area contributed by atoms with Gasteiger partial charge < -0.3 is 4.57 Å². The van der Waals surface area contributed by atoms with Crippen LogP contribution in [0.15, 0.2) is 84.6 Å². The van der Waals surface area contributed by atoms with Crippen LogP contribution in [0.2, 0.25) is 0 Å². The molecule has 1 aliphatic rings. The third-order valence-electron chi connectivity index (χ3n) is 6.85. The Labute approximate surface area is 214 Å². The summed E-state index contributed by atoms with van der Waals surface area (Å²) < 4.78 is 16.2. The number of aromatic nitrogens is 1. The maximum Gasteiger partial charge on any atom is 0.335 e. The molecule has 1 fully saturated rings. The van der Waals surface area contributed by atoms with E-state index in [-0.39, 0.29) is 17.9 Å². The van der Waals surface area contributed by atoms with Crippen molar-refractivity contribution in [2.45, 2.75) is 32.7 Å². The molecule has 0 spiro atoms. The van der Waals surface area contributed by atoms with Crippen molar-refractivity contribution in [3.63, 3.8) is 0 Å². The van der Waals surface area contributed by atoms with E-state index in [4.69, 9.17) is 0 Å². The first-order valence-electron chi connectivity index (χ1n) is 12.2. The van der Waals surface area contributed by atoms with Crippen LogP contribution in [0, 0.1) is 5.82 Å². The first kappa shape index (κ1) is 24.2. The van der Waals surface area contributed by atoms with Gasteiger partial charge in [0.1, 0.15) is 11.4 Å². The lowest BCUT2D eigenvalue weighted by molar-refractivity contribution is -0.122. The topological polar surface area (TPSA) is 71.4 Å². The van der Waals surface area contributed by atoms with Gasteiger partial charge in [-0.3, -0.25) is 14.9 Å². The number of hydrogen-bond donors (Lipinski definition) is 1. The summed E-state index contributed by atoms with van der Waals surface area (Å²) >= 11 is 0. The van der Waals surface area contributed by atoms with Crippen LogP contribution < -0.4 is 10.2 Å². The van der Waals surface area contributed by atoms with Gasteiger partial charge in [0.25, 0.3) is 11.8 Å². The Kier molecular flexibility index (Phi) is 6.44. The molecule has 0 radical (unpaired) electrons. The highest BCUT2D eigenvalue weighted by atomic mass is 19.1. The van der Waals surface area contributed by atoms with Crippen LogP contribution in [-0.4, -0.2) is 22.4 Å². The molecule has 1 aliphatic heterocycles. The molecular formula is C30H26FN3O3. The van der Waals surface area contributed by atoms with Gasteiger partial charge in [0.2, 0.25) is 0 Å². The minimum atomic E-state index is -0.787. The Morgan fingerprint density at radius 2 is 1.65 bits per heavy atom. The predicted octanol–water partition coefficient (Wildman–Crippen LogP) is 6.01. The Morgan fingerprint density at radius 3 is 2.38 bits per heavy atom. The van der Waals surface area contributed by atoms with E-state index in [1.165, 1.54) is 12.1 Å². The number of barbiturate groups is 1. The lowest BCUT2D eigenvalue weighted by Crippen LogP contribution is -2.54. The number of carbonyl (C=O) groups excluding carboxylic acids is 3. The van der Waals surface area contributed by atoms with E-state index in [0.29, 0.717) is 22.7 Å². The molecule has 1 saturated heterocycles. The van der Waals surface area contributed by atoms with Crippen LogP contribution in [0.5, 0.6) is 0 Å². The van der Waals surface area contributed by atoms with Crippen molar-refractivity contribution in [2.24, 2.45) is 0 Å². The van der Waals surface area contributed by atoms with Crippen molar-refractivity contribution in [1.82, 2.24) is 9.88 Å². The largest absolute Gasteiger partial charge is 0.342 e. The number of anilines is 1. The molecule has 4 amide bonds. The van der Waals surface area contributed by atoms with Gasteiger partial charge in [-0.05, 0) is 48.2 Å². The number of imide groups is 2. The summed E-state index contributed by atoms with van der Waals surface area (Å²) in [6.45, 7) is 4.48. The smallest absolute Gasteiger partial charge is 0.335 e. The lowest BCUT2D eigenvalue weighted by atomic mass is 9.98. The fourth-order valence-corrected chi connectivity index (χ4v) is 4.57. The normalized spacial score (nSPS) is 15.9. The number of para-hydroxylation sites is 1. The van der Waals surface area contributed by atoms with Crippen LogP contribution in [0.25, 0.3) is 17.0 Å². The molecule has 5 rings (SSSR count). The first-order valence-corrected chi connectivity index (χ1v) is 12.2. The van der Waals surface area contributed by atoms with E-state index >= 15 is 0 Å². The summed E-state index contributed by atoms with van der Waals surface area (Å²) in [5, 5.41) is 3.08. The minimum Gasteiger partial charge on any atom is -0.342 e. The molecule has 3 aromatic carbocycles. The Bertz CT molecular complexity index is 1550. The van der Waals surface area contributed by atoms with Gasteiger partial charge in [0, 0.05) is 28.2 Å². The standard InChI is InChI=1S/C30H26FN3O3/c1-3-19(2)20-12-14-23(15-13-20)34-29(36)25(28(35)32-30(34)37)16-22-18-33(27-11-7-5-9-24(22)27)17-21-8-4-6-10-26(21)31/h4-16,18-19H,3,17H2,1-2H3,(H,32,35,37)/b25-16+/t19-/m1/s1. The molecule has 1 aromatic heterocycles. The lowest BCUT2D eigenvalue weighted by Gasteiger charge is -2.26. The second kappa shape index (κ2) is 9.85. The molecule has 0 saturated carbocycles. The molecule has 7 heteroatoms. The average molecular weight is 496 g/mol. The summed E-state index contributed by atoms with van der Waals surface area (Å²) in [4.78, 5) is 39.8. The molecule has 1 N–H and O–H groups in total. The number of rotatable bonds is 6. The SMILES string of the molecule is CC[C@@H](C)c1ccc(N2C(=O)NC(=O)/C(=C\c3cn(Cc4ccccc4F)c4ccccc34)C2=O)cc1. The molecule has 37 heavy (non-hydrogen) atoms. The molecule has 0 bridgehead atoms. The zero-order valence-electron chi connectivity index (χ0n) is 20.6. The predicted molar refractivity (Wildman–Crippen MR) is 142 cm³/mol. The fourth-order valence-electron chi connectivity index (χ4n) is 4.57. The molecule has 2 heterocycles. The molecule has 0 aliphatic carbocycles. The number of nitrogens with zero attached hydrogens (tertiary/aromatic N) is 2. The van der Waals surface area contributed by atoms with Crippen LogP contribution in [-0.2, 0) is 16.1 Å². The molecule has 4 aromatic rings. The Balaban J connectivity index is 1.53. The van der Waals surface area contributed by atoms with Gasteiger partial charge in [-0.15, -0.1) is 0 Å². The highest BCUT2D eigenvalue weighted by Crippen LogP contribution is 2.28. The Morgan fingerprint density at radius 1 is 0.946 bits per heavy atom. The van der Waals surface area contributed by atoms with Crippen molar-refractivity contribution in [2.75, 3.05) is 4.90 Å². The number of fused-ring (bicyclic) bond motifs is 1. The van der Waals surface area contributed by atoms with Gasteiger partial charge >= 0.3 is 6.03 Å². The number of hydrogen-bond acceptors (Lipinski definition) is 3. The maximum atomic E-state index is 14.3. The Hall–Kier alpha value is -4.52. The third-order valence-corrected chi connectivity index (χ3v) is 6.85. The van der Waals surface area contributed by atoms with E-state index in [1.54, 1.807) is 36.5 Å². The van der Waals surface area contributed by atoms with Gasteiger partial charge in [0.05, 0.1) is 12.2 Å². The van der Waals surface area contributed by atoms with Crippen LogP contribution >= 0.6 is 0 Å². The highest BCUT2D eigenvalue weighted by molar-refractivity contribution is 6.39. The first-order chi connectivity index (χ1) is 17.9. The van der Waals surface area contributed by atoms with Crippen molar-refractivity contribution in [1.29, 1.82) is 0 Å². The molecule has 186 valence electrons. The fraction of sp³-hybridized carbons (Fsp3) is 0.167. The van der Waals surface area contributed by atoms with E-state index < -0.39 is 17.8 Å². The number of carbonyl (C=O) groups is 3. The summed E-state index contributed by atoms with van der Waals surface area (Å²) in [6, 6.07) is 20.5. The van der Waals surface area contributed by atoms with E-state index in [9.17, 15) is 18.8 Å². The van der Waals surface area contributed by atoms with E-state index in [1.807, 2.05) is 41.0 Å². The molecule has 6 nitrogen and oxygen atoms in total. The molecule has 1 atom stereocenters. The van der Waals surface area contributed by atoms with Crippen LogP contribution in [0.3, 0.4) is 0 Å². The van der Waals surface area contributed by atoms with E-state index in [0.717, 1.165) is 27.8 Å². The quantitative estimate of drug-likeness (QED) is 0.263. The van der Waals surface area contributed by atoms with Gasteiger partial charge in [-0.2, -0.15) is 0 Å². The maximum absolute atomic E-state index is 14.3. The second-order valence-electron chi connectivity index (χ2n) is 9.18. The number of halogens is 1. The highest BCUT2D eigenvalue weighted by Gasteiger charge is 2.37. The van der Waals surface area contributed by atoms with Gasteiger partial charge in [-0.25, -0.2) is 14.1 Å². The summed E-state index contributed by atoms with van der Waals surface area (Å²) in [5.74, 6) is -1.42. The van der Waals surface area contributed by atoms with Gasteiger partial charge in [-0.1, -0.05) is 62.4 Å². The van der Waals surface area contributed by atoms with Crippen LogP contribution in [0.1, 0.15) is 42.9 Å². The zero-order valence-corrected chi connectivity index (χ0v) is 20.6. The summed E-state index contributed by atoms with van der Waals surface area (Å²) in [5.41, 5.74) is 3.30. The molecule has 0 unspecified atom stereocenters. The zero-order chi connectivity index (χ0) is 26.1. The van der Waals surface area contributed by atoms with Crippen molar-refractivity contribution >= 4 is 40.5 Å². The molecular weight excluding hydrogens is 469 g/mol. The van der Waals surface area contributed by atoms with Crippen molar-refractivity contribution < 1.29 is 18.8 Å². The van der Waals surface area contributed by atoms with Crippen molar-refractivity contribution in [3.8, 4) is 0 Å². The number of nitrogens with one attached hydrogen (secondary N) is 1.